The van der Waals surface area contributed by atoms with Crippen LogP contribution < -0.4 is 5.32 Å². The number of nitrogens with one attached hydrogen (secondary N) is 1. The average molecular weight is 238 g/mol. The number of aliphatic imine (C=N–C) groups is 1. The maximum absolute atomic E-state index is 13.7. The molecule has 2 N–H and O–H groups in total. The van der Waals surface area contributed by atoms with Gasteiger partial charge in [-0.3, -0.25) is 0 Å². The monoisotopic (exact) mass is 238 g/mol. The summed E-state index contributed by atoms with van der Waals surface area (Å²) >= 11 is 0. The van der Waals surface area contributed by atoms with Crippen molar-refractivity contribution in [2.45, 2.75) is 37.3 Å². The molecule has 2 fully saturated rings. The summed E-state index contributed by atoms with van der Waals surface area (Å²) in [6.45, 7) is 0. The zero-order chi connectivity index (χ0) is 11.9. The van der Waals surface area contributed by atoms with E-state index in [4.69, 9.17) is 4.74 Å². The van der Waals surface area contributed by atoms with Crippen molar-refractivity contribution >= 4 is 6.02 Å². The van der Waals surface area contributed by atoms with Crippen LogP contribution in [0, 0.1) is 5.92 Å². The van der Waals surface area contributed by atoms with Crippen molar-refractivity contribution in [3.05, 3.63) is 0 Å². The maximum atomic E-state index is 13.7. The van der Waals surface area contributed by atoms with Gasteiger partial charge in [-0.05, 0) is 6.42 Å². The first-order valence-corrected chi connectivity index (χ1v) is 5.05. The molecule has 1 heterocycles. The molecule has 1 aliphatic heterocycles. The van der Waals surface area contributed by atoms with Gasteiger partial charge in [0.1, 0.15) is 12.1 Å². The number of hydrogen-bond donors (Lipinski definition) is 2. The fourth-order valence-corrected chi connectivity index (χ4v) is 2.19. The van der Waals surface area contributed by atoms with E-state index >= 15 is 0 Å². The van der Waals surface area contributed by atoms with Gasteiger partial charge in [0, 0.05) is 7.05 Å². The fraction of sp³-hybridized carbons (Fsp3) is 0.889. The van der Waals surface area contributed by atoms with Crippen LogP contribution in [0.15, 0.2) is 4.99 Å². The lowest BCUT2D eigenvalue weighted by Crippen LogP contribution is -2.55. The van der Waals surface area contributed by atoms with E-state index in [1.165, 1.54) is 7.05 Å². The van der Waals surface area contributed by atoms with Crippen LogP contribution in [0.3, 0.4) is 0 Å². The number of ether oxygens (including phenoxy) is 1. The third-order valence-corrected chi connectivity index (χ3v) is 3.09. The van der Waals surface area contributed by atoms with Crippen LogP contribution in [0.4, 0.5) is 13.2 Å². The van der Waals surface area contributed by atoms with Crippen LogP contribution >= 0.6 is 0 Å². The summed E-state index contributed by atoms with van der Waals surface area (Å²) < 4.78 is 43.9. The molecule has 5 unspecified atom stereocenters. The number of halogens is 3. The van der Waals surface area contributed by atoms with E-state index in [2.05, 4.69) is 10.3 Å². The third-order valence-electron chi connectivity index (χ3n) is 3.09. The molecule has 2 rings (SSSR count). The number of fused-ring (bicyclic) bond motifs is 1. The van der Waals surface area contributed by atoms with E-state index in [0.29, 0.717) is 0 Å². The van der Waals surface area contributed by atoms with E-state index < -0.39 is 36.8 Å². The van der Waals surface area contributed by atoms with Crippen LogP contribution in [-0.2, 0) is 4.74 Å². The summed E-state index contributed by atoms with van der Waals surface area (Å²) in [7, 11) is 1.45. The van der Waals surface area contributed by atoms with E-state index in [9.17, 15) is 18.3 Å². The second-order valence-electron chi connectivity index (χ2n) is 4.02. The highest BCUT2D eigenvalue weighted by Gasteiger charge is 2.52. The number of aliphatic hydroxyl groups excluding tert-OH is 1. The highest BCUT2D eigenvalue weighted by atomic mass is 19.3. The van der Waals surface area contributed by atoms with E-state index in [1.807, 2.05) is 0 Å². The van der Waals surface area contributed by atoms with Crippen LogP contribution in [0.1, 0.15) is 6.42 Å². The van der Waals surface area contributed by atoms with Gasteiger partial charge in [-0.1, -0.05) is 0 Å². The minimum Gasteiger partial charge on any atom is -0.460 e. The topological polar surface area (TPSA) is 53.9 Å². The smallest absolute Gasteiger partial charge is 0.285 e. The first kappa shape index (κ1) is 11.5. The quantitative estimate of drug-likeness (QED) is 0.691. The van der Waals surface area contributed by atoms with Crippen molar-refractivity contribution < 1.29 is 23.0 Å². The summed E-state index contributed by atoms with van der Waals surface area (Å²) in [5.41, 5.74) is 0. The van der Waals surface area contributed by atoms with E-state index in [1.54, 1.807) is 0 Å². The Morgan fingerprint density at radius 2 is 2.25 bits per heavy atom. The molecule has 0 aromatic carbocycles. The molecule has 5 atom stereocenters. The Balaban J connectivity index is 2.15. The van der Waals surface area contributed by atoms with Crippen LogP contribution in [0.5, 0.6) is 0 Å². The van der Waals surface area contributed by atoms with Crippen LogP contribution in [0.25, 0.3) is 0 Å². The first-order chi connectivity index (χ1) is 7.54. The van der Waals surface area contributed by atoms with Gasteiger partial charge in [0.05, 0.1) is 12.0 Å². The van der Waals surface area contributed by atoms with Crippen LogP contribution in [-0.4, -0.2) is 49.0 Å². The zero-order valence-corrected chi connectivity index (χ0v) is 8.61. The van der Waals surface area contributed by atoms with Gasteiger partial charge in [0.25, 0.3) is 6.02 Å². The lowest BCUT2D eigenvalue weighted by molar-refractivity contribution is -0.0985. The largest absolute Gasteiger partial charge is 0.460 e. The van der Waals surface area contributed by atoms with E-state index in [-0.39, 0.29) is 12.4 Å². The third kappa shape index (κ3) is 1.73. The summed E-state index contributed by atoms with van der Waals surface area (Å²) in [5, 5.41) is 12.1. The van der Waals surface area contributed by atoms with Crippen molar-refractivity contribution in [2.24, 2.45) is 10.9 Å². The van der Waals surface area contributed by atoms with Crippen molar-refractivity contribution in [3.8, 4) is 0 Å². The van der Waals surface area contributed by atoms with Crippen molar-refractivity contribution in [2.75, 3.05) is 7.05 Å². The van der Waals surface area contributed by atoms with Gasteiger partial charge in [0.15, 0.2) is 6.17 Å². The predicted octanol–water partition coefficient (Wildman–Crippen LogP) is 0.313. The van der Waals surface area contributed by atoms with Crippen LogP contribution in [0.2, 0.25) is 0 Å². The molecule has 0 radical (unpaired) electrons. The van der Waals surface area contributed by atoms with Gasteiger partial charge in [-0.15, -0.1) is 0 Å². The lowest BCUT2D eigenvalue weighted by Gasteiger charge is -2.36. The molecule has 92 valence electrons. The first-order valence-electron chi connectivity index (χ1n) is 5.05. The fourth-order valence-electron chi connectivity index (χ4n) is 2.19. The standard InChI is InChI=1S/C9H13F3N2O2/c1-13-9-14-6-4(16-9)2-3(8(11)12)7(15)5(6)10/h3-8,15H,2H2,1H3,(H,13,14). The molecule has 4 nitrogen and oxygen atoms in total. The molecule has 1 saturated heterocycles. The van der Waals surface area contributed by atoms with Crippen molar-refractivity contribution in [1.29, 1.82) is 0 Å². The minimum absolute atomic E-state index is 0.0735. The second kappa shape index (κ2) is 4.12. The predicted molar refractivity (Wildman–Crippen MR) is 50.2 cm³/mol. The highest BCUT2D eigenvalue weighted by Crippen LogP contribution is 2.35. The zero-order valence-electron chi connectivity index (χ0n) is 8.61. The molecule has 2 aliphatic rings. The molecule has 7 heteroatoms. The number of hydrogen-bond acceptors (Lipinski definition) is 3. The van der Waals surface area contributed by atoms with Gasteiger partial charge < -0.3 is 15.2 Å². The number of nitrogens with zero attached hydrogens (tertiary/aromatic N) is 1. The number of rotatable bonds is 1. The SMILES string of the molecule is CN=C1NC2C(CC(C(F)F)C(O)C2F)O1. The molecular formula is C9H13F3N2O2. The lowest BCUT2D eigenvalue weighted by atomic mass is 9.81. The number of amidine groups is 1. The Morgan fingerprint density at radius 3 is 2.81 bits per heavy atom. The summed E-state index contributed by atoms with van der Waals surface area (Å²) in [4.78, 5) is 3.69. The van der Waals surface area contributed by atoms with Crippen molar-refractivity contribution in [3.63, 3.8) is 0 Å². The molecule has 1 saturated carbocycles. The molecule has 0 spiro atoms. The molecule has 1 aliphatic carbocycles. The number of aliphatic hydroxyl groups is 1. The van der Waals surface area contributed by atoms with Gasteiger partial charge in [-0.2, -0.15) is 0 Å². The molecule has 0 bridgehead atoms. The maximum Gasteiger partial charge on any atom is 0.285 e. The summed E-state index contributed by atoms with van der Waals surface area (Å²) in [6, 6.07) is -0.650. The Morgan fingerprint density at radius 1 is 1.56 bits per heavy atom. The Hall–Kier alpha value is -0.980. The van der Waals surface area contributed by atoms with Gasteiger partial charge in [-0.25, -0.2) is 18.2 Å². The molecule has 0 aromatic rings. The Labute approximate surface area is 90.5 Å². The molecule has 16 heavy (non-hydrogen) atoms. The number of alkyl halides is 3. The highest BCUT2D eigenvalue weighted by molar-refractivity contribution is 5.76. The normalized spacial score (nSPS) is 45.4. The van der Waals surface area contributed by atoms with Crippen molar-refractivity contribution in [1.82, 2.24) is 5.32 Å². The average Bonchev–Trinajstić information content (AvgIpc) is 2.66. The Kier molecular flexibility index (Phi) is 2.96. The Bertz CT molecular complexity index is 300. The molecule has 0 aromatic heterocycles. The second-order valence-corrected chi connectivity index (χ2v) is 4.02. The minimum atomic E-state index is -2.75. The van der Waals surface area contributed by atoms with Gasteiger partial charge >= 0.3 is 0 Å². The molecular weight excluding hydrogens is 225 g/mol. The summed E-state index contributed by atoms with van der Waals surface area (Å²) in [5.74, 6) is -1.38. The van der Waals surface area contributed by atoms with Gasteiger partial charge in [0.2, 0.25) is 6.43 Å². The summed E-state index contributed by atoms with van der Waals surface area (Å²) in [6.07, 6.45) is -6.93. The van der Waals surface area contributed by atoms with E-state index in [0.717, 1.165) is 0 Å². The molecule has 0 amide bonds.